The van der Waals surface area contributed by atoms with Gasteiger partial charge in [0, 0.05) is 0 Å². The van der Waals surface area contributed by atoms with E-state index in [2.05, 4.69) is 12.6 Å². The Morgan fingerprint density at radius 3 is 2.03 bits per heavy atom. The molecule has 0 saturated carbocycles. The van der Waals surface area contributed by atoms with Gasteiger partial charge in [0.25, 0.3) is 0 Å². The zero-order chi connectivity index (χ0) is 20.7. The van der Waals surface area contributed by atoms with Crippen LogP contribution in [0.4, 0.5) is 0 Å². The topological polar surface area (TPSA) is 84.9 Å². The Bertz CT molecular complexity index is 1070. The molecular formula is C22H21O6S-. The van der Waals surface area contributed by atoms with Gasteiger partial charge in [-0.15, -0.1) is 0 Å². The molecule has 3 aromatic rings. The van der Waals surface area contributed by atoms with Gasteiger partial charge in [-0.2, -0.15) is 0 Å². The molecule has 0 aliphatic rings. The standard InChI is InChI=1S/C22H22O6S/c1-2-17-3-4-19-16-21(6-5-18(19)15-17)28-14-12-26-11-13-27-20-7-9-22(10-8-20)29(23,24)25/h2-10,15-16H,1,11-14H2,(H,23,24,25)/p-1. The lowest BCUT2D eigenvalue weighted by Crippen LogP contribution is -2.12. The van der Waals surface area contributed by atoms with E-state index in [4.69, 9.17) is 14.2 Å². The molecule has 0 aliphatic carbocycles. The average molecular weight is 413 g/mol. The Labute approximate surface area is 170 Å². The maximum absolute atomic E-state index is 10.9. The Kier molecular flexibility index (Phi) is 6.87. The van der Waals surface area contributed by atoms with E-state index in [-0.39, 0.29) is 4.90 Å². The Morgan fingerprint density at radius 1 is 0.793 bits per heavy atom. The second-order valence-electron chi connectivity index (χ2n) is 6.21. The molecule has 0 aromatic heterocycles. The molecule has 0 spiro atoms. The third-order valence-corrected chi connectivity index (χ3v) is 5.03. The van der Waals surface area contributed by atoms with Gasteiger partial charge in [-0.25, -0.2) is 8.42 Å². The average Bonchev–Trinajstić information content (AvgIpc) is 2.72. The van der Waals surface area contributed by atoms with E-state index in [9.17, 15) is 13.0 Å². The third-order valence-electron chi connectivity index (χ3n) is 4.18. The zero-order valence-electron chi connectivity index (χ0n) is 15.7. The van der Waals surface area contributed by atoms with Gasteiger partial charge in [-0.1, -0.05) is 30.9 Å². The first-order valence-electron chi connectivity index (χ1n) is 9.01. The molecule has 29 heavy (non-hydrogen) atoms. The lowest BCUT2D eigenvalue weighted by atomic mass is 10.1. The first-order chi connectivity index (χ1) is 14.0. The highest BCUT2D eigenvalue weighted by Gasteiger charge is 2.02. The molecular weight excluding hydrogens is 392 g/mol. The van der Waals surface area contributed by atoms with Crippen LogP contribution < -0.4 is 9.47 Å². The van der Waals surface area contributed by atoms with Gasteiger partial charge in [-0.3, -0.25) is 0 Å². The van der Waals surface area contributed by atoms with Crippen molar-refractivity contribution in [1.82, 2.24) is 0 Å². The SMILES string of the molecule is C=Cc1ccc2cc(OCCOCCOc3ccc(S(=O)(=O)[O-])cc3)ccc2c1. The van der Waals surface area contributed by atoms with Gasteiger partial charge < -0.3 is 18.8 Å². The molecule has 6 nitrogen and oxygen atoms in total. The highest BCUT2D eigenvalue weighted by atomic mass is 32.2. The smallest absolute Gasteiger partial charge is 0.124 e. The van der Waals surface area contributed by atoms with Crippen molar-refractivity contribution in [3.63, 3.8) is 0 Å². The molecule has 7 heteroatoms. The van der Waals surface area contributed by atoms with Gasteiger partial charge in [0.15, 0.2) is 0 Å². The lowest BCUT2D eigenvalue weighted by Gasteiger charge is -2.10. The number of ether oxygens (including phenoxy) is 3. The Morgan fingerprint density at radius 2 is 1.38 bits per heavy atom. The lowest BCUT2D eigenvalue weighted by molar-refractivity contribution is 0.0764. The summed E-state index contributed by atoms with van der Waals surface area (Å²) in [6.07, 6.45) is 1.82. The zero-order valence-corrected chi connectivity index (χ0v) is 16.6. The van der Waals surface area contributed by atoms with Crippen LogP contribution >= 0.6 is 0 Å². The fourth-order valence-corrected chi connectivity index (χ4v) is 3.17. The summed E-state index contributed by atoms with van der Waals surface area (Å²) < 4.78 is 49.2. The molecule has 152 valence electrons. The molecule has 3 aromatic carbocycles. The summed E-state index contributed by atoms with van der Waals surface area (Å²) in [6, 6.07) is 17.3. The molecule has 0 fully saturated rings. The van der Waals surface area contributed by atoms with Crippen molar-refractivity contribution in [2.75, 3.05) is 26.4 Å². The second kappa shape index (κ2) is 9.56. The predicted molar refractivity (Wildman–Crippen MR) is 110 cm³/mol. The molecule has 0 aliphatic heterocycles. The van der Waals surface area contributed by atoms with E-state index >= 15 is 0 Å². The van der Waals surface area contributed by atoms with Crippen LogP contribution in [0.2, 0.25) is 0 Å². The fraction of sp³-hybridized carbons (Fsp3) is 0.182. The van der Waals surface area contributed by atoms with Crippen LogP contribution in [0.1, 0.15) is 5.56 Å². The van der Waals surface area contributed by atoms with Gasteiger partial charge in [0.2, 0.25) is 0 Å². The number of fused-ring (bicyclic) bond motifs is 1. The van der Waals surface area contributed by atoms with Crippen molar-refractivity contribution in [3.8, 4) is 11.5 Å². The van der Waals surface area contributed by atoms with Gasteiger partial charge >= 0.3 is 0 Å². The van der Waals surface area contributed by atoms with Crippen molar-refractivity contribution < 1.29 is 27.2 Å². The van der Waals surface area contributed by atoms with Gasteiger partial charge in [-0.05, 0) is 58.8 Å². The molecule has 0 heterocycles. The summed E-state index contributed by atoms with van der Waals surface area (Å²) in [7, 11) is -4.44. The van der Waals surface area contributed by atoms with E-state index in [1.807, 2.05) is 36.4 Å². The van der Waals surface area contributed by atoms with Crippen molar-refractivity contribution in [2.24, 2.45) is 0 Å². The van der Waals surface area contributed by atoms with E-state index in [0.29, 0.717) is 32.2 Å². The molecule has 0 amide bonds. The van der Waals surface area contributed by atoms with Crippen LogP contribution in [0.3, 0.4) is 0 Å². The van der Waals surface area contributed by atoms with Crippen molar-refractivity contribution in [3.05, 3.63) is 72.8 Å². The Balaban J connectivity index is 1.36. The molecule has 0 N–H and O–H groups in total. The summed E-state index contributed by atoms with van der Waals surface area (Å²) in [5.74, 6) is 1.24. The van der Waals surface area contributed by atoms with Crippen LogP contribution in [0.15, 0.2) is 72.1 Å². The van der Waals surface area contributed by atoms with Gasteiger partial charge in [0.1, 0.15) is 34.8 Å². The summed E-state index contributed by atoms with van der Waals surface area (Å²) in [5.41, 5.74) is 1.08. The first kappa shape index (κ1) is 20.9. The maximum atomic E-state index is 10.9. The summed E-state index contributed by atoms with van der Waals surface area (Å²) >= 11 is 0. The van der Waals surface area contributed by atoms with Crippen LogP contribution in [-0.2, 0) is 14.9 Å². The van der Waals surface area contributed by atoms with Crippen LogP contribution in [0.5, 0.6) is 11.5 Å². The monoisotopic (exact) mass is 413 g/mol. The van der Waals surface area contributed by atoms with E-state index in [0.717, 1.165) is 22.1 Å². The van der Waals surface area contributed by atoms with Crippen molar-refractivity contribution in [2.45, 2.75) is 4.90 Å². The fourth-order valence-electron chi connectivity index (χ4n) is 2.70. The van der Waals surface area contributed by atoms with Crippen molar-refractivity contribution in [1.29, 1.82) is 0 Å². The van der Waals surface area contributed by atoms with Crippen LogP contribution in [0.25, 0.3) is 16.8 Å². The summed E-state index contributed by atoms with van der Waals surface area (Å²) in [4.78, 5) is -0.284. The number of hydrogen-bond acceptors (Lipinski definition) is 6. The minimum absolute atomic E-state index is 0.284. The Hall–Kier alpha value is -2.87. The molecule has 3 rings (SSSR count). The van der Waals surface area contributed by atoms with Crippen LogP contribution in [0, 0.1) is 0 Å². The van der Waals surface area contributed by atoms with Crippen LogP contribution in [-0.4, -0.2) is 39.4 Å². The number of rotatable bonds is 10. The van der Waals surface area contributed by atoms with E-state index in [1.54, 1.807) is 0 Å². The highest BCUT2D eigenvalue weighted by Crippen LogP contribution is 2.22. The van der Waals surface area contributed by atoms with Gasteiger partial charge in [0.05, 0.1) is 18.1 Å². The number of benzene rings is 3. The summed E-state index contributed by atoms with van der Waals surface area (Å²) in [6.45, 7) is 5.24. The minimum atomic E-state index is -4.44. The highest BCUT2D eigenvalue weighted by molar-refractivity contribution is 7.85. The first-order valence-corrected chi connectivity index (χ1v) is 10.4. The molecule has 0 atom stereocenters. The van der Waals surface area contributed by atoms with Crippen molar-refractivity contribution >= 4 is 27.0 Å². The summed E-state index contributed by atoms with van der Waals surface area (Å²) in [5, 5.41) is 2.22. The quantitative estimate of drug-likeness (QED) is 0.371. The molecule has 0 saturated heterocycles. The van der Waals surface area contributed by atoms with E-state index < -0.39 is 10.1 Å². The molecule has 0 radical (unpaired) electrons. The second-order valence-corrected chi connectivity index (χ2v) is 7.59. The largest absolute Gasteiger partial charge is 0.744 e. The molecule has 0 bridgehead atoms. The van der Waals surface area contributed by atoms with E-state index in [1.165, 1.54) is 24.3 Å². The normalized spacial score (nSPS) is 11.3. The number of hydrogen-bond donors (Lipinski definition) is 0. The minimum Gasteiger partial charge on any atom is -0.744 e. The maximum Gasteiger partial charge on any atom is 0.124 e. The predicted octanol–water partition coefficient (Wildman–Crippen LogP) is 3.86. The molecule has 0 unspecified atom stereocenters. The third kappa shape index (κ3) is 6.05.